The fourth-order valence-electron chi connectivity index (χ4n) is 6.22. The molecule has 2 aliphatic rings. The average molecular weight is 644 g/mol. The molecule has 11 nitrogen and oxygen atoms in total. The summed E-state index contributed by atoms with van der Waals surface area (Å²) >= 11 is -2.46. The highest BCUT2D eigenvalue weighted by molar-refractivity contribution is 7.80. The van der Waals surface area contributed by atoms with Crippen LogP contribution in [0, 0.1) is 6.92 Å². The second-order valence-electron chi connectivity index (χ2n) is 11.5. The molecule has 3 aromatic carbocycles. The van der Waals surface area contributed by atoms with Crippen molar-refractivity contribution in [2.24, 2.45) is 0 Å². The lowest BCUT2D eigenvalue weighted by Crippen LogP contribution is -2.66. The molecule has 5 rings (SSSR count). The zero-order chi connectivity index (χ0) is 32.8. The molecule has 2 aliphatic heterocycles. The molecular weight excluding hydrogens is 604 g/mol. The first-order valence-electron chi connectivity index (χ1n) is 15.3. The van der Waals surface area contributed by atoms with Gasteiger partial charge < -0.3 is 24.4 Å². The minimum Gasteiger partial charge on any atom is -0.755 e. The first-order valence-corrected chi connectivity index (χ1v) is 16.4. The highest BCUT2D eigenvalue weighted by Gasteiger charge is 2.52. The summed E-state index contributed by atoms with van der Waals surface area (Å²) in [5, 5.41) is 6.39. The topological polar surface area (TPSA) is 128 Å². The van der Waals surface area contributed by atoms with Gasteiger partial charge in [-0.15, -0.1) is 0 Å². The molecule has 3 atom stereocenters. The van der Waals surface area contributed by atoms with Crippen molar-refractivity contribution in [1.82, 2.24) is 25.1 Å². The van der Waals surface area contributed by atoms with E-state index in [1.54, 1.807) is 50.2 Å². The van der Waals surface area contributed by atoms with Gasteiger partial charge >= 0.3 is 6.03 Å². The Morgan fingerprint density at radius 1 is 1.07 bits per heavy atom. The van der Waals surface area contributed by atoms with E-state index in [1.807, 2.05) is 62.4 Å². The van der Waals surface area contributed by atoms with Crippen LogP contribution in [0.25, 0.3) is 6.08 Å². The van der Waals surface area contributed by atoms with E-state index in [2.05, 4.69) is 16.6 Å². The summed E-state index contributed by atoms with van der Waals surface area (Å²) in [6.07, 6.45) is 2.12. The zero-order valence-electron chi connectivity index (χ0n) is 26.1. The van der Waals surface area contributed by atoms with E-state index in [0.717, 1.165) is 27.8 Å². The normalized spacial score (nSPS) is 18.7. The number of rotatable bonds is 12. The molecule has 46 heavy (non-hydrogen) atoms. The molecule has 2 saturated heterocycles. The van der Waals surface area contributed by atoms with Crippen LogP contribution in [0.2, 0.25) is 0 Å². The maximum atomic E-state index is 14.2. The molecule has 12 heteroatoms. The predicted octanol–water partition coefficient (Wildman–Crippen LogP) is 3.80. The number of nitrogens with zero attached hydrogens (tertiary/aromatic N) is 4. The maximum absolute atomic E-state index is 14.2. The lowest BCUT2D eigenvalue weighted by Gasteiger charge is -2.46. The number of benzene rings is 3. The smallest absolute Gasteiger partial charge is 0.332 e. The van der Waals surface area contributed by atoms with Crippen molar-refractivity contribution in [3.05, 3.63) is 107 Å². The molecule has 0 saturated carbocycles. The number of anilines is 1. The summed E-state index contributed by atoms with van der Waals surface area (Å²) < 4.78 is 24.5. The van der Waals surface area contributed by atoms with Crippen LogP contribution in [0.1, 0.15) is 41.2 Å². The molecule has 242 valence electrons. The summed E-state index contributed by atoms with van der Waals surface area (Å²) in [6, 6.07) is 21.1. The Labute approximate surface area is 272 Å². The molecular formula is C34H39N6O5S-. The van der Waals surface area contributed by atoms with Gasteiger partial charge in [0.1, 0.15) is 12.2 Å². The third-order valence-electron chi connectivity index (χ3n) is 8.40. The van der Waals surface area contributed by atoms with Gasteiger partial charge in [0.15, 0.2) is 0 Å². The van der Waals surface area contributed by atoms with Crippen LogP contribution >= 0.6 is 0 Å². The number of carbonyl (C=O) groups excluding carboxylic acids is 3. The number of carbonyl (C=O) groups is 3. The monoisotopic (exact) mass is 643 g/mol. The number of hydrazine groups is 1. The van der Waals surface area contributed by atoms with Gasteiger partial charge in [0.05, 0.1) is 13.1 Å². The van der Waals surface area contributed by atoms with Crippen molar-refractivity contribution < 1.29 is 23.1 Å². The molecule has 2 heterocycles. The van der Waals surface area contributed by atoms with Crippen molar-refractivity contribution >= 4 is 40.9 Å². The van der Waals surface area contributed by atoms with Gasteiger partial charge in [-0.05, 0) is 53.3 Å². The molecule has 0 aliphatic carbocycles. The number of hydrogen-bond acceptors (Lipinski definition) is 6. The fourth-order valence-corrected chi connectivity index (χ4v) is 6.55. The number of hydrogen-bond donors (Lipinski definition) is 2. The zero-order valence-corrected chi connectivity index (χ0v) is 26.9. The van der Waals surface area contributed by atoms with Crippen molar-refractivity contribution in [1.29, 1.82) is 0 Å². The Balaban J connectivity index is 1.45. The van der Waals surface area contributed by atoms with Gasteiger partial charge in [0, 0.05) is 43.0 Å². The third-order valence-corrected chi connectivity index (χ3v) is 8.80. The van der Waals surface area contributed by atoms with E-state index in [9.17, 15) is 23.1 Å². The standard InChI is InChI=1S/C34H40N6O5S/c1-4-18-38(34(43)35-20-26-11-7-6-8-12-26)39-23-32(41)40-30(19-25-14-16-28(17-15-25)36-46(44)45)33(42)37(22-31(39)40)21-27-13-9-10-24(3)29(27)5-2/h5-17,30-31,36H,2,4,18-23H2,1,3H3,(H,35,43)(H,44,45)/p-1/t30-,31+/m0/s1. The number of amides is 4. The Bertz CT molecular complexity index is 1600. The maximum Gasteiger partial charge on any atom is 0.332 e. The quantitative estimate of drug-likeness (QED) is 0.289. The molecule has 0 radical (unpaired) electrons. The third kappa shape index (κ3) is 7.30. The van der Waals surface area contributed by atoms with Crippen molar-refractivity contribution in [2.75, 3.05) is 24.4 Å². The second kappa shape index (κ2) is 14.7. The summed E-state index contributed by atoms with van der Waals surface area (Å²) in [7, 11) is 0. The number of aryl methyl sites for hydroxylation is 1. The van der Waals surface area contributed by atoms with Gasteiger partial charge in [-0.1, -0.05) is 80.2 Å². The van der Waals surface area contributed by atoms with Crippen LogP contribution in [0.5, 0.6) is 0 Å². The summed E-state index contributed by atoms with van der Waals surface area (Å²) in [5.74, 6) is -0.427. The molecule has 2 N–H and O–H groups in total. The van der Waals surface area contributed by atoms with Crippen LogP contribution < -0.4 is 10.0 Å². The number of piperazine rings is 1. The van der Waals surface area contributed by atoms with Gasteiger partial charge in [-0.3, -0.25) is 18.8 Å². The first kappa shape index (κ1) is 32.9. The lowest BCUT2D eigenvalue weighted by atomic mass is 9.98. The highest BCUT2D eigenvalue weighted by atomic mass is 32.2. The number of nitrogens with one attached hydrogen (secondary N) is 2. The molecule has 2 fully saturated rings. The fraction of sp³-hybridized carbons (Fsp3) is 0.324. The average Bonchev–Trinajstić information content (AvgIpc) is 3.36. The van der Waals surface area contributed by atoms with Crippen molar-refractivity contribution in [3.63, 3.8) is 0 Å². The Morgan fingerprint density at radius 3 is 2.48 bits per heavy atom. The summed E-state index contributed by atoms with van der Waals surface area (Å²) in [6.45, 7) is 9.18. The van der Waals surface area contributed by atoms with Crippen molar-refractivity contribution in [3.8, 4) is 0 Å². The van der Waals surface area contributed by atoms with Crippen LogP contribution in [0.3, 0.4) is 0 Å². The second-order valence-corrected chi connectivity index (χ2v) is 12.1. The van der Waals surface area contributed by atoms with Gasteiger partial charge in [0.2, 0.25) is 11.8 Å². The summed E-state index contributed by atoms with van der Waals surface area (Å²) in [4.78, 5) is 44.9. The minimum atomic E-state index is -2.46. The van der Waals surface area contributed by atoms with Crippen molar-refractivity contribution in [2.45, 2.75) is 52.0 Å². The largest absolute Gasteiger partial charge is 0.755 e. The predicted molar refractivity (Wildman–Crippen MR) is 176 cm³/mol. The molecule has 3 aromatic rings. The SMILES string of the molecule is C=Cc1c(C)cccc1CN1C[C@H]2N(C(=O)CN2N(CCC)C(=O)NCc2ccccc2)[C@@H](Cc2ccc(NS(=O)[O-])cc2)C1=O. The van der Waals surface area contributed by atoms with E-state index in [-0.39, 0.29) is 37.4 Å². The van der Waals surface area contributed by atoms with Gasteiger partial charge in [0.25, 0.3) is 0 Å². The molecule has 0 spiro atoms. The van der Waals surface area contributed by atoms with E-state index in [4.69, 9.17) is 0 Å². The molecule has 0 aromatic heterocycles. The Morgan fingerprint density at radius 2 is 1.80 bits per heavy atom. The van der Waals surface area contributed by atoms with Gasteiger partial charge in [-0.25, -0.2) is 4.79 Å². The van der Waals surface area contributed by atoms with Crippen LogP contribution in [-0.2, 0) is 40.4 Å². The first-order chi connectivity index (χ1) is 22.2. The molecule has 0 bridgehead atoms. The van der Waals surface area contributed by atoms with E-state index < -0.39 is 23.5 Å². The molecule has 4 amide bonds. The van der Waals surface area contributed by atoms with Gasteiger partial charge in [-0.2, -0.15) is 5.01 Å². The Kier molecular flexibility index (Phi) is 10.5. The Hall–Kier alpha value is -4.52. The minimum absolute atomic E-state index is 0.0401. The number of urea groups is 1. The van der Waals surface area contributed by atoms with Crippen LogP contribution in [0.4, 0.5) is 10.5 Å². The van der Waals surface area contributed by atoms with Crippen LogP contribution in [0.15, 0.2) is 79.4 Å². The highest BCUT2D eigenvalue weighted by Crippen LogP contribution is 2.31. The number of fused-ring (bicyclic) bond motifs is 1. The van der Waals surface area contributed by atoms with E-state index in [0.29, 0.717) is 31.7 Å². The van der Waals surface area contributed by atoms with Crippen LogP contribution in [-0.4, -0.2) is 78.3 Å². The lowest BCUT2D eigenvalue weighted by molar-refractivity contribution is -0.157. The summed E-state index contributed by atoms with van der Waals surface area (Å²) in [5.41, 5.74) is 5.06. The van der Waals surface area contributed by atoms with E-state index in [1.165, 1.54) is 0 Å². The van der Waals surface area contributed by atoms with E-state index >= 15 is 0 Å². The molecule has 1 unspecified atom stereocenters.